The highest BCUT2D eigenvalue weighted by Gasteiger charge is 2.29. The van der Waals surface area contributed by atoms with Crippen molar-refractivity contribution >= 4 is 40.0 Å². The van der Waals surface area contributed by atoms with E-state index in [0.29, 0.717) is 56.2 Å². The highest BCUT2D eigenvalue weighted by atomic mass is 32.1. The number of carbonyl (C=O) groups is 3. The van der Waals surface area contributed by atoms with Crippen LogP contribution in [0.4, 0.5) is 0 Å². The lowest BCUT2D eigenvalue weighted by Gasteiger charge is -2.27. The number of nitrogens with zero attached hydrogens (tertiary/aromatic N) is 5. The highest BCUT2D eigenvalue weighted by molar-refractivity contribution is 7.07. The van der Waals surface area contributed by atoms with Gasteiger partial charge in [-0.15, -0.1) is 11.3 Å². The molecule has 41 heavy (non-hydrogen) atoms. The van der Waals surface area contributed by atoms with Crippen molar-refractivity contribution < 1.29 is 14.4 Å². The standard InChI is InChI=1S/C29H36N8O3S/c1-18(2)13-23-27-32-19(3)35-37(27)12-11-36(29(40)25-16-41-17-31-25)10-6-9-26(38)33-24(28(39)34-23)14-20-15-30-22-8-5-4-7-21(20)22/h4-5,7-8,15-18,23-24,30H,6,9-14H2,1-3H3,(H,33,38)(H,34,39)/t23-,24+/m0/s1. The van der Waals surface area contributed by atoms with E-state index in [1.165, 1.54) is 11.3 Å². The van der Waals surface area contributed by atoms with Crippen LogP contribution in [0.3, 0.4) is 0 Å². The summed E-state index contributed by atoms with van der Waals surface area (Å²) in [5.74, 6) is 0.810. The molecule has 0 unspecified atom stereocenters. The number of aromatic nitrogens is 5. The van der Waals surface area contributed by atoms with Crippen LogP contribution in [-0.4, -0.2) is 66.5 Å². The topological polar surface area (TPSA) is 138 Å². The fraction of sp³-hybridized carbons (Fsp3) is 0.448. The van der Waals surface area contributed by atoms with Gasteiger partial charge in [0.25, 0.3) is 5.91 Å². The maximum atomic E-state index is 13.8. The summed E-state index contributed by atoms with van der Waals surface area (Å²) in [5, 5.41) is 13.5. The summed E-state index contributed by atoms with van der Waals surface area (Å²) in [4.78, 5) is 54.1. The van der Waals surface area contributed by atoms with Crippen molar-refractivity contribution in [3.63, 3.8) is 0 Å². The van der Waals surface area contributed by atoms with Gasteiger partial charge in [-0.25, -0.2) is 14.6 Å². The Balaban J connectivity index is 1.47. The van der Waals surface area contributed by atoms with Crippen LogP contribution in [0.1, 0.15) is 66.9 Å². The van der Waals surface area contributed by atoms with E-state index in [1.54, 1.807) is 20.5 Å². The molecule has 0 bridgehead atoms. The number of H-pyrrole nitrogens is 1. The number of fused-ring (bicyclic) bond motifs is 2. The molecule has 3 amide bonds. The number of rotatable bonds is 5. The summed E-state index contributed by atoms with van der Waals surface area (Å²) >= 11 is 1.37. The predicted octanol–water partition coefficient (Wildman–Crippen LogP) is 3.39. The molecule has 11 nitrogen and oxygen atoms in total. The fourth-order valence-corrected chi connectivity index (χ4v) is 5.83. The van der Waals surface area contributed by atoms with E-state index in [-0.39, 0.29) is 30.1 Å². The van der Waals surface area contributed by atoms with E-state index in [4.69, 9.17) is 4.98 Å². The molecule has 0 radical (unpaired) electrons. The van der Waals surface area contributed by atoms with Gasteiger partial charge in [-0.2, -0.15) is 5.10 Å². The Hall–Kier alpha value is -4.06. The zero-order valence-electron chi connectivity index (χ0n) is 23.6. The van der Waals surface area contributed by atoms with Gasteiger partial charge >= 0.3 is 0 Å². The van der Waals surface area contributed by atoms with Crippen LogP contribution in [0.15, 0.2) is 41.4 Å². The molecule has 4 heterocycles. The quantitative estimate of drug-likeness (QED) is 0.333. The third kappa shape index (κ3) is 6.82. The smallest absolute Gasteiger partial charge is 0.273 e. The Morgan fingerprint density at radius 2 is 1.95 bits per heavy atom. The molecule has 1 aromatic carbocycles. The summed E-state index contributed by atoms with van der Waals surface area (Å²) in [6.45, 7) is 7.15. The van der Waals surface area contributed by atoms with Crippen LogP contribution < -0.4 is 10.6 Å². The molecular weight excluding hydrogens is 540 g/mol. The van der Waals surface area contributed by atoms with Crippen LogP contribution >= 0.6 is 11.3 Å². The molecule has 1 aliphatic heterocycles. The summed E-state index contributed by atoms with van der Waals surface area (Å²) in [6, 6.07) is 6.69. The second-order valence-corrected chi connectivity index (χ2v) is 11.6. The average Bonchev–Trinajstić information content (AvgIpc) is 3.69. The molecule has 0 spiro atoms. The lowest BCUT2D eigenvalue weighted by molar-refractivity contribution is -0.129. The minimum Gasteiger partial charge on any atom is -0.361 e. The normalized spacial score (nSPS) is 19.1. The Bertz CT molecular complexity index is 1510. The molecule has 2 atom stereocenters. The molecule has 1 aliphatic rings. The third-order valence-corrected chi connectivity index (χ3v) is 7.83. The molecule has 4 aromatic rings. The number of aromatic amines is 1. The average molecular weight is 577 g/mol. The second kappa shape index (κ2) is 12.6. The number of carbonyl (C=O) groups excluding carboxylic acids is 3. The zero-order chi connectivity index (χ0) is 28.9. The van der Waals surface area contributed by atoms with Gasteiger partial charge in [0.1, 0.15) is 23.4 Å². The number of thiazole rings is 1. The first kappa shape index (κ1) is 28.5. The maximum absolute atomic E-state index is 13.8. The van der Waals surface area contributed by atoms with Gasteiger partial charge in [0.2, 0.25) is 11.8 Å². The highest BCUT2D eigenvalue weighted by Crippen LogP contribution is 2.23. The summed E-state index contributed by atoms with van der Waals surface area (Å²) in [7, 11) is 0. The van der Waals surface area contributed by atoms with Crippen LogP contribution in [-0.2, 0) is 22.6 Å². The first-order valence-corrected chi connectivity index (χ1v) is 15.0. The molecule has 216 valence electrons. The number of benzene rings is 1. The van der Waals surface area contributed by atoms with Crippen molar-refractivity contribution in [3.8, 4) is 0 Å². The molecule has 3 aromatic heterocycles. The van der Waals surface area contributed by atoms with Crippen LogP contribution in [0.25, 0.3) is 10.9 Å². The molecule has 0 fully saturated rings. The van der Waals surface area contributed by atoms with Crippen LogP contribution in [0, 0.1) is 12.8 Å². The van der Waals surface area contributed by atoms with E-state index < -0.39 is 12.1 Å². The van der Waals surface area contributed by atoms with Gasteiger partial charge in [-0.1, -0.05) is 32.0 Å². The van der Waals surface area contributed by atoms with Gasteiger partial charge in [-0.05, 0) is 37.3 Å². The molecule has 0 saturated carbocycles. The lowest BCUT2D eigenvalue weighted by Crippen LogP contribution is -2.49. The number of para-hydroxylation sites is 1. The third-order valence-electron chi connectivity index (χ3n) is 7.24. The van der Waals surface area contributed by atoms with Crippen molar-refractivity contribution in [3.05, 3.63) is 64.3 Å². The molecule has 12 heteroatoms. The number of aryl methyl sites for hydroxylation is 1. The van der Waals surface area contributed by atoms with E-state index in [1.807, 2.05) is 37.4 Å². The van der Waals surface area contributed by atoms with Crippen molar-refractivity contribution in [1.29, 1.82) is 0 Å². The number of nitrogens with one attached hydrogen (secondary N) is 3. The number of hydrogen-bond donors (Lipinski definition) is 3. The largest absolute Gasteiger partial charge is 0.361 e. The van der Waals surface area contributed by atoms with Gasteiger partial charge < -0.3 is 20.5 Å². The monoisotopic (exact) mass is 576 g/mol. The first-order valence-electron chi connectivity index (χ1n) is 14.0. The Morgan fingerprint density at radius 1 is 1.12 bits per heavy atom. The molecule has 5 rings (SSSR count). The summed E-state index contributed by atoms with van der Waals surface area (Å²) < 4.78 is 1.79. The van der Waals surface area contributed by atoms with E-state index in [2.05, 4.69) is 39.5 Å². The minimum atomic E-state index is -0.787. The van der Waals surface area contributed by atoms with Crippen molar-refractivity contribution in [2.75, 3.05) is 13.1 Å². The first-order chi connectivity index (χ1) is 19.8. The minimum absolute atomic E-state index is 0.179. The van der Waals surface area contributed by atoms with Crippen molar-refractivity contribution in [2.24, 2.45) is 5.92 Å². The van der Waals surface area contributed by atoms with E-state index in [0.717, 1.165) is 16.5 Å². The molecule has 0 aliphatic carbocycles. The van der Waals surface area contributed by atoms with E-state index >= 15 is 0 Å². The van der Waals surface area contributed by atoms with Crippen LogP contribution in [0.2, 0.25) is 0 Å². The van der Waals surface area contributed by atoms with E-state index in [9.17, 15) is 14.4 Å². The Kier molecular flexibility index (Phi) is 8.77. The van der Waals surface area contributed by atoms with Gasteiger partial charge in [0.15, 0.2) is 0 Å². The van der Waals surface area contributed by atoms with Gasteiger partial charge in [0.05, 0.1) is 18.1 Å². The second-order valence-electron chi connectivity index (χ2n) is 10.9. The zero-order valence-corrected chi connectivity index (χ0v) is 24.4. The fourth-order valence-electron chi connectivity index (χ4n) is 5.30. The van der Waals surface area contributed by atoms with Crippen LogP contribution in [0.5, 0.6) is 0 Å². The number of hydrogen-bond acceptors (Lipinski definition) is 7. The van der Waals surface area contributed by atoms with Crippen molar-refractivity contribution in [2.45, 2.75) is 65.1 Å². The Labute approximate surface area is 242 Å². The lowest BCUT2D eigenvalue weighted by atomic mass is 10.0. The maximum Gasteiger partial charge on any atom is 0.273 e. The summed E-state index contributed by atoms with van der Waals surface area (Å²) in [6.07, 6.45) is 3.49. The molecule has 3 N–H and O–H groups in total. The van der Waals surface area contributed by atoms with Gasteiger partial charge in [0, 0.05) is 48.4 Å². The molecular formula is C29H36N8O3S. The Morgan fingerprint density at radius 3 is 2.73 bits per heavy atom. The van der Waals surface area contributed by atoms with Gasteiger partial charge in [-0.3, -0.25) is 14.4 Å². The molecule has 0 saturated heterocycles. The number of amides is 3. The SMILES string of the molecule is Cc1nc2n(n1)CCN(C(=O)c1cscn1)CCCC(=O)N[C@H](Cc1c[nH]c3ccccc13)C(=O)N[C@H]2CC(C)C. The van der Waals surface area contributed by atoms with Crippen molar-refractivity contribution in [1.82, 2.24) is 40.3 Å². The summed E-state index contributed by atoms with van der Waals surface area (Å²) in [5.41, 5.74) is 3.94. The predicted molar refractivity (Wildman–Crippen MR) is 156 cm³/mol.